The number of rotatable bonds is 5. The van der Waals surface area contributed by atoms with Crippen molar-refractivity contribution in [2.24, 2.45) is 0 Å². The van der Waals surface area contributed by atoms with Crippen LogP contribution in [0, 0.1) is 0 Å². The van der Waals surface area contributed by atoms with Gasteiger partial charge in [-0.1, -0.05) is 60.7 Å². The van der Waals surface area contributed by atoms with Crippen LogP contribution in [0.5, 0.6) is 0 Å². The normalized spacial score (nSPS) is 11.7. The summed E-state index contributed by atoms with van der Waals surface area (Å²) in [6.45, 7) is 2.13. The number of aromatic nitrogens is 3. The Labute approximate surface area is 159 Å². The first kappa shape index (κ1) is 16.9. The van der Waals surface area contributed by atoms with Crippen LogP contribution in [0.3, 0.4) is 0 Å². The second kappa shape index (κ2) is 7.79. The van der Waals surface area contributed by atoms with Crippen molar-refractivity contribution in [3.8, 4) is 22.6 Å². The Morgan fingerprint density at radius 1 is 0.778 bits per heavy atom. The van der Waals surface area contributed by atoms with E-state index in [0.717, 1.165) is 22.6 Å². The summed E-state index contributed by atoms with van der Waals surface area (Å²) in [5.74, 6) is 1.48. The Morgan fingerprint density at radius 2 is 1.48 bits per heavy atom. The number of hydrogen-bond acceptors (Lipinski definition) is 4. The second-order valence-corrected chi connectivity index (χ2v) is 6.35. The van der Waals surface area contributed by atoms with Gasteiger partial charge < -0.3 is 5.32 Å². The highest BCUT2D eigenvalue weighted by atomic mass is 15.0. The first-order chi connectivity index (χ1) is 13.3. The lowest BCUT2D eigenvalue weighted by atomic mass is 10.1. The van der Waals surface area contributed by atoms with Crippen molar-refractivity contribution in [2.75, 3.05) is 5.32 Å². The van der Waals surface area contributed by atoms with Gasteiger partial charge in [-0.3, -0.25) is 4.98 Å². The maximum absolute atomic E-state index is 4.76. The van der Waals surface area contributed by atoms with Crippen LogP contribution < -0.4 is 5.32 Å². The van der Waals surface area contributed by atoms with Crippen molar-refractivity contribution in [3.05, 3.63) is 96.8 Å². The minimum absolute atomic E-state index is 0.131. The van der Waals surface area contributed by atoms with Crippen molar-refractivity contribution in [1.29, 1.82) is 0 Å². The van der Waals surface area contributed by atoms with Crippen LogP contribution in [0.15, 0.2) is 91.3 Å². The summed E-state index contributed by atoms with van der Waals surface area (Å²) in [6, 6.07) is 26.4. The smallest absolute Gasteiger partial charge is 0.162 e. The molecule has 1 N–H and O–H groups in total. The average molecular weight is 352 g/mol. The Kier molecular flexibility index (Phi) is 4.88. The Balaban J connectivity index is 1.74. The average Bonchev–Trinajstić information content (AvgIpc) is 2.75. The fraction of sp³-hybridized carbons (Fsp3) is 0.0870. The molecule has 0 radical (unpaired) electrons. The van der Waals surface area contributed by atoms with E-state index in [4.69, 9.17) is 9.97 Å². The third kappa shape index (κ3) is 4.01. The SMILES string of the molecule is CC(Nc1cc(-c2cccnc2)nc(-c2ccccc2)n1)c1ccccc1. The number of hydrogen-bond donors (Lipinski definition) is 1. The molecule has 132 valence electrons. The fourth-order valence-corrected chi connectivity index (χ4v) is 2.95. The lowest BCUT2D eigenvalue weighted by Gasteiger charge is -2.16. The molecule has 0 bridgehead atoms. The summed E-state index contributed by atoms with van der Waals surface area (Å²) in [4.78, 5) is 13.7. The maximum Gasteiger partial charge on any atom is 0.162 e. The zero-order chi connectivity index (χ0) is 18.5. The number of nitrogens with zero attached hydrogens (tertiary/aromatic N) is 3. The maximum atomic E-state index is 4.76. The molecule has 0 spiro atoms. The quantitative estimate of drug-likeness (QED) is 0.524. The van der Waals surface area contributed by atoms with Gasteiger partial charge in [0.2, 0.25) is 0 Å². The van der Waals surface area contributed by atoms with Gasteiger partial charge >= 0.3 is 0 Å². The number of anilines is 1. The molecule has 4 nitrogen and oxygen atoms in total. The highest BCUT2D eigenvalue weighted by Gasteiger charge is 2.11. The minimum Gasteiger partial charge on any atom is -0.363 e. The molecular formula is C23H20N4. The van der Waals surface area contributed by atoms with E-state index in [0.29, 0.717) is 5.82 Å². The molecule has 2 aromatic heterocycles. The van der Waals surface area contributed by atoms with E-state index in [-0.39, 0.29) is 6.04 Å². The molecule has 0 aliphatic rings. The molecule has 27 heavy (non-hydrogen) atoms. The van der Waals surface area contributed by atoms with Crippen molar-refractivity contribution in [1.82, 2.24) is 15.0 Å². The summed E-state index contributed by atoms with van der Waals surface area (Å²) < 4.78 is 0. The lowest BCUT2D eigenvalue weighted by molar-refractivity contribution is 0.873. The zero-order valence-electron chi connectivity index (χ0n) is 15.1. The van der Waals surface area contributed by atoms with Gasteiger partial charge in [0, 0.05) is 35.6 Å². The van der Waals surface area contributed by atoms with Gasteiger partial charge in [-0.25, -0.2) is 9.97 Å². The van der Waals surface area contributed by atoms with E-state index in [1.165, 1.54) is 5.56 Å². The van der Waals surface area contributed by atoms with Crippen LogP contribution >= 0.6 is 0 Å². The third-order valence-corrected chi connectivity index (χ3v) is 4.38. The van der Waals surface area contributed by atoms with Gasteiger partial charge in [0.25, 0.3) is 0 Å². The molecule has 0 aliphatic heterocycles. The monoisotopic (exact) mass is 352 g/mol. The van der Waals surface area contributed by atoms with E-state index < -0.39 is 0 Å². The van der Waals surface area contributed by atoms with Gasteiger partial charge in [0.05, 0.1) is 5.69 Å². The standard InChI is InChI=1S/C23H20N4/c1-17(18-9-4-2-5-10-18)25-22-15-21(20-13-8-14-24-16-20)26-23(27-22)19-11-6-3-7-12-19/h2-17H,1H3,(H,25,26,27). The molecule has 0 amide bonds. The van der Waals surface area contributed by atoms with E-state index in [9.17, 15) is 0 Å². The summed E-state index contributed by atoms with van der Waals surface area (Å²) >= 11 is 0. The molecule has 4 rings (SSSR count). The highest BCUT2D eigenvalue weighted by Crippen LogP contribution is 2.26. The Morgan fingerprint density at radius 3 is 2.19 bits per heavy atom. The van der Waals surface area contributed by atoms with Crippen LogP contribution in [0.1, 0.15) is 18.5 Å². The minimum atomic E-state index is 0.131. The van der Waals surface area contributed by atoms with Crippen LogP contribution in [0.25, 0.3) is 22.6 Å². The van der Waals surface area contributed by atoms with Crippen molar-refractivity contribution >= 4 is 5.82 Å². The van der Waals surface area contributed by atoms with E-state index >= 15 is 0 Å². The topological polar surface area (TPSA) is 50.7 Å². The predicted octanol–water partition coefficient (Wildman–Crippen LogP) is 5.38. The summed E-state index contributed by atoms with van der Waals surface area (Å²) in [5, 5.41) is 3.51. The number of pyridine rings is 1. The first-order valence-electron chi connectivity index (χ1n) is 8.96. The predicted molar refractivity (Wildman–Crippen MR) is 109 cm³/mol. The van der Waals surface area contributed by atoms with Crippen LogP contribution in [-0.4, -0.2) is 15.0 Å². The highest BCUT2D eigenvalue weighted by molar-refractivity contribution is 5.67. The summed E-state index contributed by atoms with van der Waals surface area (Å²) in [5.41, 5.74) is 4.01. The Hall–Kier alpha value is -3.53. The van der Waals surface area contributed by atoms with Gasteiger partial charge in [0.1, 0.15) is 5.82 Å². The van der Waals surface area contributed by atoms with Gasteiger partial charge in [-0.15, -0.1) is 0 Å². The second-order valence-electron chi connectivity index (χ2n) is 6.35. The third-order valence-electron chi connectivity index (χ3n) is 4.38. The molecule has 0 saturated carbocycles. The van der Waals surface area contributed by atoms with Crippen LogP contribution in [-0.2, 0) is 0 Å². The molecule has 0 aliphatic carbocycles. The van der Waals surface area contributed by atoms with E-state index in [1.54, 1.807) is 6.20 Å². The molecule has 2 heterocycles. The molecule has 2 aromatic carbocycles. The molecule has 0 fully saturated rings. The summed E-state index contributed by atoms with van der Waals surface area (Å²) in [7, 11) is 0. The van der Waals surface area contributed by atoms with Crippen LogP contribution in [0.4, 0.5) is 5.82 Å². The van der Waals surface area contributed by atoms with Crippen LogP contribution in [0.2, 0.25) is 0 Å². The first-order valence-corrected chi connectivity index (χ1v) is 8.96. The van der Waals surface area contributed by atoms with E-state index in [2.05, 4.69) is 29.4 Å². The summed E-state index contributed by atoms with van der Waals surface area (Å²) in [6.07, 6.45) is 3.58. The van der Waals surface area contributed by atoms with E-state index in [1.807, 2.05) is 72.9 Å². The van der Waals surface area contributed by atoms with Gasteiger partial charge in [0.15, 0.2) is 5.82 Å². The molecule has 4 heteroatoms. The van der Waals surface area contributed by atoms with Gasteiger partial charge in [-0.2, -0.15) is 0 Å². The van der Waals surface area contributed by atoms with Gasteiger partial charge in [-0.05, 0) is 24.6 Å². The molecule has 1 atom stereocenters. The Bertz CT molecular complexity index is 944. The van der Waals surface area contributed by atoms with Crippen molar-refractivity contribution in [2.45, 2.75) is 13.0 Å². The van der Waals surface area contributed by atoms with Crippen molar-refractivity contribution < 1.29 is 0 Å². The zero-order valence-corrected chi connectivity index (χ0v) is 15.1. The number of nitrogens with one attached hydrogen (secondary N) is 1. The molecule has 4 aromatic rings. The number of benzene rings is 2. The largest absolute Gasteiger partial charge is 0.363 e. The molecule has 1 unspecified atom stereocenters. The molecular weight excluding hydrogens is 332 g/mol. The fourth-order valence-electron chi connectivity index (χ4n) is 2.95. The van der Waals surface area contributed by atoms with Crippen molar-refractivity contribution in [3.63, 3.8) is 0 Å². The molecule has 0 saturated heterocycles. The lowest BCUT2D eigenvalue weighted by Crippen LogP contribution is -2.09.